The first-order valence-electron chi connectivity index (χ1n) is 8.53. The summed E-state index contributed by atoms with van der Waals surface area (Å²) in [5.74, 6) is -1.51. The number of ketones is 1. The van der Waals surface area contributed by atoms with E-state index in [0.29, 0.717) is 27.8 Å². The molecule has 0 radical (unpaired) electrons. The Kier molecular flexibility index (Phi) is 4.60. The lowest BCUT2D eigenvalue weighted by Crippen LogP contribution is -2.13. The molecule has 0 aliphatic carbocycles. The molecule has 0 spiro atoms. The van der Waals surface area contributed by atoms with E-state index in [2.05, 4.69) is 15.3 Å². The minimum Gasteiger partial charge on any atom is -0.322 e. The zero-order valence-corrected chi connectivity index (χ0v) is 14.6. The number of halogens is 1. The van der Waals surface area contributed by atoms with Crippen molar-refractivity contribution in [2.24, 2.45) is 0 Å². The number of fused-ring (bicyclic) bond motifs is 1. The number of carbonyl (C=O) groups excluding carboxylic acids is 2. The Morgan fingerprint density at radius 2 is 1.54 bits per heavy atom. The Morgan fingerprint density at radius 1 is 0.786 bits per heavy atom. The average molecular weight is 371 g/mol. The van der Waals surface area contributed by atoms with E-state index in [-0.39, 0.29) is 11.5 Å². The van der Waals surface area contributed by atoms with Crippen molar-refractivity contribution in [3.05, 3.63) is 102 Å². The van der Waals surface area contributed by atoms with E-state index in [9.17, 15) is 14.0 Å². The number of nitrogens with one attached hydrogen (secondary N) is 1. The van der Waals surface area contributed by atoms with Gasteiger partial charge in [-0.05, 0) is 48.5 Å². The molecule has 1 heterocycles. The Bertz CT molecular complexity index is 1190. The molecule has 0 aliphatic rings. The van der Waals surface area contributed by atoms with Crippen LogP contribution in [0.1, 0.15) is 26.3 Å². The molecule has 28 heavy (non-hydrogen) atoms. The van der Waals surface area contributed by atoms with Crippen molar-refractivity contribution in [3.63, 3.8) is 0 Å². The summed E-state index contributed by atoms with van der Waals surface area (Å²) >= 11 is 0. The summed E-state index contributed by atoms with van der Waals surface area (Å²) in [5, 5.41) is 2.68. The number of benzene rings is 3. The summed E-state index contributed by atoms with van der Waals surface area (Å²) < 4.78 is 14.3. The Balaban J connectivity index is 1.64. The van der Waals surface area contributed by atoms with E-state index in [4.69, 9.17) is 0 Å². The van der Waals surface area contributed by atoms with Crippen LogP contribution in [0.25, 0.3) is 11.0 Å². The summed E-state index contributed by atoms with van der Waals surface area (Å²) in [6.45, 7) is 0. The second-order valence-electron chi connectivity index (χ2n) is 6.10. The van der Waals surface area contributed by atoms with E-state index >= 15 is 0 Å². The number of hydrogen-bond acceptors (Lipinski definition) is 4. The predicted octanol–water partition coefficient (Wildman–Crippen LogP) is 4.25. The lowest BCUT2D eigenvalue weighted by Gasteiger charge is -2.09. The second kappa shape index (κ2) is 7.36. The van der Waals surface area contributed by atoms with Gasteiger partial charge >= 0.3 is 0 Å². The first kappa shape index (κ1) is 17.5. The SMILES string of the molecule is O=C(Nc1ccc(F)c(C(=O)c2ccc3nccnc3c2)c1)c1ccccc1. The molecule has 0 saturated carbocycles. The molecular weight excluding hydrogens is 357 g/mol. The third-order valence-electron chi connectivity index (χ3n) is 4.24. The van der Waals surface area contributed by atoms with E-state index in [1.54, 1.807) is 54.7 Å². The highest BCUT2D eigenvalue weighted by Gasteiger charge is 2.16. The third-order valence-corrected chi connectivity index (χ3v) is 4.24. The van der Waals surface area contributed by atoms with Gasteiger partial charge in [-0.1, -0.05) is 18.2 Å². The summed E-state index contributed by atoms with van der Waals surface area (Å²) in [4.78, 5) is 33.4. The van der Waals surface area contributed by atoms with Crippen molar-refractivity contribution in [2.45, 2.75) is 0 Å². The van der Waals surface area contributed by atoms with Crippen molar-refractivity contribution >= 4 is 28.4 Å². The molecule has 136 valence electrons. The van der Waals surface area contributed by atoms with Crippen LogP contribution < -0.4 is 5.32 Å². The summed E-state index contributed by atoms with van der Waals surface area (Å²) in [6.07, 6.45) is 3.08. The normalized spacial score (nSPS) is 10.6. The van der Waals surface area contributed by atoms with Crippen LogP contribution in [0.3, 0.4) is 0 Å². The minimum absolute atomic E-state index is 0.130. The standard InChI is InChI=1S/C22H14FN3O2/c23-18-8-7-16(26-22(28)14-4-2-1-3-5-14)13-17(18)21(27)15-6-9-19-20(12-15)25-11-10-24-19/h1-13H,(H,26,28). The van der Waals surface area contributed by atoms with Crippen LogP contribution in [0.2, 0.25) is 0 Å². The highest BCUT2D eigenvalue weighted by atomic mass is 19.1. The second-order valence-corrected chi connectivity index (χ2v) is 6.10. The van der Waals surface area contributed by atoms with E-state index in [1.165, 1.54) is 18.3 Å². The molecule has 5 nitrogen and oxygen atoms in total. The van der Waals surface area contributed by atoms with Gasteiger partial charge in [-0.3, -0.25) is 19.6 Å². The van der Waals surface area contributed by atoms with Crippen LogP contribution >= 0.6 is 0 Å². The Labute approximate surface area is 159 Å². The van der Waals surface area contributed by atoms with Crippen molar-refractivity contribution in [3.8, 4) is 0 Å². The van der Waals surface area contributed by atoms with Crippen molar-refractivity contribution < 1.29 is 14.0 Å². The molecule has 1 amide bonds. The van der Waals surface area contributed by atoms with Gasteiger partial charge in [-0.2, -0.15) is 0 Å². The molecule has 4 aromatic rings. The monoisotopic (exact) mass is 371 g/mol. The summed E-state index contributed by atoms with van der Waals surface area (Å²) in [6, 6.07) is 17.4. The molecule has 1 N–H and O–H groups in total. The number of carbonyl (C=O) groups is 2. The van der Waals surface area contributed by atoms with Gasteiger partial charge in [-0.15, -0.1) is 0 Å². The van der Waals surface area contributed by atoms with Crippen LogP contribution in [0.15, 0.2) is 79.1 Å². The number of rotatable bonds is 4. The lowest BCUT2D eigenvalue weighted by atomic mass is 10.0. The largest absolute Gasteiger partial charge is 0.322 e. The molecule has 0 bridgehead atoms. The predicted molar refractivity (Wildman–Crippen MR) is 104 cm³/mol. The maximum absolute atomic E-state index is 14.3. The van der Waals surface area contributed by atoms with E-state index in [0.717, 1.165) is 6.07 Å². The van der Waals surface area contributed by atoms with Crippen molar-refractivity contribution in [1.82, 2.24) is 9.97 Å². The Morgan fingerprint density at radius 3 is 2.32 bits per heavy atom. The quantitative estimate of drug-likeness (QED) is 0.544. The fourth-order valence-corrected chi connectivity index (χ4v) is 2.83. The number of anilines is 1. The number of hydrogen-bond donors (Lipinski definition) is 1. The summed E-state index contributed by atoms with van der Waals surface area (Å²) in [7, 11) is 0. The number of amides is 1. The van der Waals surface area contributed by atoms with Gasteiger partial charge in [0, 0.05) is 29.2 Å². The number of aromatic nitrogens is 2. The molecule has 4 rings (SSSR count). The summed E-state index contributed by atoms with van der Waals surface area (Å²) in [5.41, 5.74) is 2.14. The van der Waals surface area contributed by atoms with Crippen molar-refractivity contribution in [1.29, 1.82) is 0 Å². The smallest absolute Gasteiger partial charge is 0.255 e. The topological polar surface area (TPSA) is 72.0 Å². The minimum atomic E-state index is -0.665. The van der Waals surface area contributed by atoms with Gasteiger partial charge in [0.05, 0.1) is 16.6 Å². The van der Waals surface area contributed by atoms with Gasteiger partial charge in [0.2, 0.25) is 0 Å². The molecule has 0 unspecified atom stereocenters. The maximum atomic E-state index is 14.3. The van der Waals surface area contributed by atoms with Gasteiger partial charge in [-0.25, -0.2) is 4.39 Å². The molecule has 0 atom stereocenters. The van der Waals surface area contributed by atoms with Crippen LogP contribution in [-0.2, 0) is 0 Å². The highest BCUT2D eigenvalue weighted by molar-refractivity contribution is 6.11. The first-order chi connectivity index (χ1) is 13.6. The van der Waals surface area contributed by atoms with Gasteiger partial charge in [0.25, 0.3) is 5.91 Å². The third kappa shape index (κ3) is 3.48. The van der Waals surface area contributed by atoms with E-state index in [1.807, 2.05) is 0 Å². The molecule has 6 heteroatoms. The molecular formula is C22H14FN3O2. The van der Waals surface area contributed by atoms with Crippen LogP contribution in [-0.4, -0.2) is 21.7 Å². The van der Waals surface area contributed by atoms with Crippen LogP contribution in [0.5, 0.6) is 0 Å². The fraction of sp³-hybridized carbons (Fsp3) is 0. The average Bonchev–Trinajstić information content (AvgIpc) is 2.75. The van der Waals surface area contributed by atoms with Crippen LogP contribution in [0, 0.1) is 5.82 Å². The first-order valence-corrected chi connectivity index (χ1v) is 8.53. The molecule has 0 fully saturated rings. The highest BCUT2D eigenvalue weighted by Crippen LogP contribution is 2.21. The molecule has 0 aliphatic heterocycles. The lowest BCUT2D eigenvalue weighted by molar-refractivity contribution is 0.102. The van der Waals surface area contributed by atoms with Gasteiger partial charge in [0.1, 0.15) is 5.82 Å². The van der Waals surface area contributed by atoms with Gasteiger partial charge < -0.3 is 5.32 Å². The zero-order valence-electron chi connectivity index (χ0n) is 14.6. The molecule has 3 aromatic carbocycles. The van der Waals surface area contributed by atoms with E-state index < -0.39 is 11.6 Å². The molecule has 1 aromatic heterocycles. The molecule has 0 saturated heterocycles. The Hall–Kier alpha value is -3.93. The zero-order chi connectivity index (χ0) is 19.5. The van der Waals surface area contributed by atoms with Crippen molar-refractivity contribution in [2.75, 3.05) is 5.32 Å². The maximum Gasteiger partial charge on any atom is 0.255 e. The van der Waals surface area contributed by atoms with Crippen LogP contribution in [0.4, 0.5) is 10.1 Å². The van der Waals surface area contributed by atoms with Gasteiger partial charge in [0.15, 0.2) is 5.78 Å². The fourth-order valence-electron chi connectivity index (χ4n) is 2.83. The number of nitrogens with zero attached hydrogens (tertiary/aromatic N) is 2.